The molecule has 11 nitrogen and oxygen atoms in total. The lowest BCUT2D eigenvalue weighted by atomic mass is 10.0. The summed E-state index contributed by atoms with van der Waals surface area (Å²) >= 11 is 0. The Balaban J connectivity index is 1.34. The molecule has 5 rings (SSSR count). The SMILES string of the molecule is CCCNc1nc(Nc2cc(F)c(C(=O)N3CCC(N4CCOCC4)CC3)cc2OC)nc2[nH]cc(C#N)c12. The van der Waals surface area contributed by atoms with E-state index in [1.807, 2.05) is 6.92 Å². The Kier molecular flexibility index (Phi) is 8.09. The van der Waals surface area contributed by atoms with Crippen LogP contribution in [0.3, 0.4) is 0 Å². The number of morpholine rings is 1. The lowest BCUT2D eigenvalue weighted by Crippen LogP contribution is -2.50. The first kappa shape index (κ1) is 26.6. The van der Waals surface area contributed by atoms with Crippen LogP contribution < -0.4 is 15.4 Å². The van der Waals surface area contributed by atoms with Gasteiger partial charge in [0, 0.05) is 51.0 Å². The number of halogens is 1. The first-order chi connectivity index (χ1) is 19.0. The summed E-state index contributed by atoms with van der Waals surface area (Å²) in [6.45, 7) is 7.13. The summed E-state index contributed by atoms with van der Waals surface area (Å²) in [5.74, 6) is -0.0326. The number of carbonyl (C=O) groups excluding carboxylic acids is 1. The van der Waals surface area contributed by atoms with Gasteiger partial charge in [-0.25, -0.2) is 4.39 Å². The third-order valence-electron chi connectivity index (χ3n) is 7.27. The van der Waals surface area contributed by atoms with E-state index in [9.17, 15) is 10.1 Å². The highest BCUT2D eigenvalue weighted by atomic mass is 19.1. The van der Waals surface area contributed by atoms with Gasteiger partial charge in [0.15, 0.2) is 0 Å². The van der Waals surface area contributed by atoms with Gasteiger partial charge in [-0.05, 0) is 25.3 Å². The zero-order valence-corrected chi connectivity index (χ0v) is 22.2. The number of nitriles is 1. The fraction of sp³-hybridized carbons (Fsp3) is 0.481. The number of nitrogens with zero attached hydrogens (tertiary/aromatic N) is 5. The quantitative estimate of drug-likeness (QED) is 0.396. The highest BCUT2D eigenvalue weighted by Gasteiger charge is 2.30. The van der Waals surface area contributed by atoms with E-state index in [1.54, 1.807) is 11.1 Å². The number of H-pyrrole nitrogens is 1. The third kappa shape index (κ3) is 5.60. The molecule has 2 aliphatic rings. The summed E-state index contributed by atoms with van der Waals surface area (Å²) in [5.41, 5.74) is 1.14. The van der Waals surface area contributed by atoms with Crippen LogP contribution in [-0.4, -0.2) is 89.7 Å². The van der Waals surface area contributed by atoms with Gasteiger partial charge in [0.05, 0.1) is 42.5 Å². The average molecular weight is 537 g/mol. The van der Waals surface area contributed by atoms with Crippen molar-refractivity contribution in [2.45, 2.75) is 32.2 Å². The molecule has 0 bridgehead atoms. The van der Waals surface area contributed by atoms with E-state index in [4.69, 9.17) is 9.47 Å². The van der Waals surface area contributed by atoms with Gasteiger partial charge in [0.25, 0.3) is 5.91 Å². The first-order valence-corrected chi connectivity index (χ1v) is 13.3. The minimum absolute atomic E-state index is 0.0353. The molecule has 0 aliphatic carbocycles. The van der Waals surface area contributed by atoms with E-state index in [1.165, 1.54) is 19.2 Å². The number of ether oxygens (including phenoxy) is 2. The minimum atomic E-state index is -0.657. The van der Waals surface area contributed by atoms with Gasteiger partial charge in [0.1, 0.15) is 29.1 Å². The molecular weight excluding hydrogens is 503 g/mol. The number of likely N-dealkylation sites (tertiary alicyclic amines) is 1. The van der Waals surface area contributed by atoms with Gasteiger partial charge < -0.3 is 30.0 Å². The van der Waals surface area contributed by atoms with Crippen LogP contribution in [0, 0.1) is 17.1 Å². The van der Waals surface area contributed by atoms with Crippen LogP contribution in [0.25, 0.3) is 11.0 Å². The number of methoxy groups -OCH3 is 1. The summed E-state index contributed by atoms with van der Waals surface area (Å²) < 4.78 is 26.3. The van der Waals surface area contributed by atoms with E-state index in [0.717, 1.165) is 45.6 Å². The molecule has 4 heterocycles. The molecule has 3 aromatic rings. The smallest absolute Gasteiger partial charge is 0.256 e. The Labute approximate surface area is 226 Å². The largest absolute Gasteiger partial charge is 0.495 e. The Morgan fingerprint density at radius 2 is 2.03 bits per heavy atom. The number of nitrogens with one attached hydrogen (secondary N) is 3. The van der Waals surface area contributed by atoms with Crippen molar-refractivity contribution in [2.75, 3.05) is 63.7 Å². The van der Waals surface area contributed by atoms with E-state index >= 15 is 4.39 Å². The molecule has 1 amide bonds. The number of benzene rings is 1. The van der Waals surface area contributed by atoms with E-state index in [-0.39, 0.29) is 23.1 Å². The Morgan fingerprint density at radius 3 is 2.72 bits per heavy atom. The van der Waals surface area contributed by atoms with Gasteiger partial charge >= 0.3 is 0 Å². The monoisotopic (exact) mass is 536 g/mol. The van der Waals surface area contributed by atoms with Crippen molar-refractivity contribution in [1.82, 2.24) is 24.8 Å². The number of aromatic amines is 1. The number of carbonyl (C=O) groups is 1. The van der Waals surface area contributed by atoms with Crippen molar-refractivity contribution in [3.63, 3.8) is 0 Å². The van der Waals surface area contributed by atoms with E-state index < -0.39 is 5.82 Å². The summed E-state index contributed by atoms with van der Waals surface area (Å²) in [6, 6.07) is 5.21. The van der Waals surface area contributed by atoms with Crippen molar-refractivity contribution in [3.8, 4) is 11.8 Å². The van der Waals surface area contributed by atoms with Crippen molar-refractivity contribution in [3.05, 3.63) is 35.3 Å². The number of anilines is 3. The molecule has 0 unspecified atom stereocenters. The maximum atomic E-state index is 15.3. The predicted molar refractivity (Wildman–Crippen MR) is 145 cm³/mol. The Morgan fingerprint density at radius 1 is 1.26 bits per heavy atom. The average Bonchev–Trinajstić information content (AvgIpc) is 3.39. The molecule has 12 heteroatoms. The molecule has 0 saturated carbocycles. The molecule has 2 fully saturated rings. The van der Waals surface area contributed by atoms with Crippen LogP contribution in [0.4, 0.5) is 21.8 Å². The zero-order valence-electron chi connectivity index (χ0n) is 22.2. The van der Waals surface area contributed by atoms with Gasteiger partial charge in [-0.2, -0.15) is 15.2 Å². The molecule has 206 valence electrons. The number of amides is 1. The molecule has 39 heavy (non-hydrogen) atoms. The van der Waals surface area contributed by atoms with Gasteiger partial charge in [-0.1, -0.05) is 6.92 Å². The summed E-state index contributed by atoms with van der Waals surface area (Å²) in [4.78, 5) is 29.4. The number of hydrogen-bond donors (Lipinski definition) is 3. The van der Waals surface area contributed by atoms with Crippen molar-refractivity contribution < 1.29 is 18.7 Å². The molecule has 0 radical (unpaired) electrons. The minimum Gasteiger partial charge on any atom is -0.495 e. The Hall–Kier alpha value is -3.95. The molecule has 2 aromatic heterocycles. The maximum Gasteiger partial charge on any atom is 0.256 e. The Bertz CT molecular complexity index is 1370. The van der Waals surface area contributed by atoms with E-state index in [0.29, 0.717) is 53.8 Å². The maximum absolute atomic E-state index is 15.3. The standard InChI is InChI=1S/C27H33FN8O3/c1-3-6-30-24-23-17(15-29)16-31-25(23)34-27(33-24)32-21-14-20(28)19(13-22(21)38-2)26(37)36-7-4-18(5-8-36)35-9-11-39-12-10-35/h13-14,16,18H,3-12H2,1-2H3,(H3,30,31,32,33,34). The van der Waals surface area contributed by atoms with Crippen molar-refractivity contribution >= 4 is 34.4 Å². The van der Waals surface area contributed by atoms with Crippen LogP contribution >= 0.6 is 0 Å². The lowest BCUT2D eigenvalue weighted by molar-refractivity contribution is 0.00154. The van der Waals surface area contributed by atoms with Gasteiger partial charge in [-0.3, -0.25) is 9.69 Å². The zero-order chi connectivity index (χ0) is 27.4. The molecule has 1 aromatic carbocycles. The fourth-order valence-corrected chi connectivity index (χ4v) is 5.20. The third-order valence-corrected chi connectivity index (χ3v) is 7.27. The molecule has 0 spiro atoms. The van der Waals surface area contributed by atoms with Gasteiger partial charge in [0.2, 0.25) is 5.95 Å². The highest BCUT2D eigenvalue weighted by Crippen LogP contribution is 2.33. The second kappa shape index (κ2) is 11.8. The second-order valence-electron chi connectivity index (χ2n) is 9.69. The first-order valence-electron chi connectivity index (χ1n) is 13.3. The number of piperidine rings is 1. The van der Waals surface area contributed by atoms with Crippen LogP contribution in [-0.2, 0) is 4.74 Å². The van der Waals surface area contributed by atoms with Crippen LogP contribution in [0.15, 0.2) is 18.3 Å². The second-order valence-corrected chi connectivity index (χ2v) is 9.69. The highest BCUT2D eigenvalue weighted by molar-refractivity contribution is 5.96. The molecular formula is C27H33FN8O3. The number of hydrogen-bond acceptors (Lipinski definition) is 9. The van der Waals surface area contributed by atoms with E-state index in [2.05, 4.69) is 36.6 Å². The molecule has 3 N–H and O–H groups in total. The normalized spacial score (nSPS) is 16.7. The topological polar surface area (TPSA) is 131 Å². The number of aromatic nitrogens is 3. The molecule has 2 saturated heterocycles. The van der Waals surface area contributed by atoms with Crippen LogP contribution in [0.1, 0.15) is 42.1 Å². The van der Waals surface area contributed by atoms with Crippen LogP contribution in [0.2, 0.25) is 0 Å². The molecule has 2 aliphatic heterocycles. The van der Waals surface area contributed by atoms with Crippen LogP contribution in [0.5, 0.6) is 5.75 Å². The fourth-order valence-electron chi connectivity index (χ4n) is 5.20. The number of rotatable bonds is 8. The summed E-state index contributed by atoms with van der Waals surface area (Å²) in [5, 5.41) is 16.3. The number of fused-ring (bicyclic) bond motifs is 1. The summed E-state index contributed by atoms with van der Waals surface area (Å²) in [6.07, 6.45) is 4.14. The summed E-state index contributed by atoms with van der Waals surface area (Å²) in [7, 11) is 1.46. The predicted octanol–water partition coefficient (Wildman–Crippen LogP) is 3.48. The van der Waals surface area contributed by atoms with Gasteiger partial charge in [-0.15, -0.1) is 0 Å². The lowest BCUT2D eigenvalue weighted by Gasteiger charge is -2.40. The van der Waals surface area contributed by atoms with Crippen molar-refractivity contribution in [2.24, 2.45) is 0 Å². The molecule has 0 atom stereocenters. The van der Waals surface area contributed by atoms with Crippen molar-refractivity contribution in [1.29, 1.82) is 5.26 Å².